The second-order valence-corrected chi connectivity index (χ2v) is 21.8. The summed E-state index contributed by atoms with van der Waals surface area (Å²) in [7, 11) is 0. The maximum Gasteiger partial charge on any atom is 0.314 e. The number of benzene rings is 2. The number of esters is 4. The molecule has 0 amide bonds. The molecule has 4 atom stereocenters. The normalized spacial score (nSPS) is 13.5. The van der Waals surface area contributed by atoms with Crippen LogP contribution in [-0.2, 0) is 34.1 Å². The van der Waals surface area contributed by atoms with Crippen molar-refractivity contribution in [2.24, 2.45) is 23.7 Å². The molecule has 8 nitrogen and oxygen atoms in total. The molecule has 0 aliphatic carbocycles. The Balaban J connectivity index is 1.61. The van der Waals surface area contributed by atoms with E-state index >= 15 is 0 Å². The van der Waals surface area contributed by atoms with Gasteiger partial charge in [-0.3, -0.25) is 19.2 Å². The second kappa shape index (κ2) is 41.1. The SMILES string of the molecule is CCCCCCCCC=CCCCCCCCCOC(=O)C(C)CC(C)C(=O)Oc1ccc(C(C)(C)c2ccc(OC(=O)C(C)CC(C)C(=O)OCCCCCCCCC=CCCCCCCCC)cc2)cc1. The van der Waals surface area contributed by atoms with Crippen LogP contribution in [0.15, 0.2) is 72.8 Å². The molecule has 8 heteroatoms. The van der Waals surface area contributed by atoms with Crippen LogP contribution >= 0.6 is 0 Å². The second-order valence-electron chi connectivity index (χ2n) is 21.8. The van der Waals surface area contributed by atoms with Crippen LogP contribution in [-0.4, -0.2) is 37.1 Å². The van der Waals surface area contributed by atoms with Crippen molar-refractivity contribution in [3.63, 3.8) is 0 Å². The summed E-state index contributed by atoms with van der Waals surface area (Å²) in [5.41, 5.74) is 1.64. The molecule has 0 radical (unpaired) electrons. The first-order valence-electron chi connectivity index (χ1n) is 29.6. The molecule has 0 fully saturated rings. The van der Waals surface area contributed by atoms with Gasteiger partial charge in [0.05, 0.1) is 36.9 Å². The minimum Gasteiger partial charge on any atom is -0.465 e. The number of unbranched alkanes of at least 4 members (excludes halogenated alkanes) is 24. The van der Waals surface area contributed by atoms with Gasteiger partial charge < -0.3 is 18.9 Å². The van der Waals surface area contributed by atoms with E-state index in [4.69, 9.17) is 18.9 Å². The Kier molecular flexibility index (Phi) is 36.5. The van der Waals surface area contributed by atoms with E-state index in [1.54, 1.807) is 38.1 Å². The third-order valence-corrected chi connectivity index (χ3v) is 14.4. The molecule has 0 bridgehead atoms. The monoisotopic (exact) mass is 1010 g/mol. The molecule has 0 aliphatic heterocycles. The molecule has 0 heterocycles. The average Bonchev–Trinajstić information content (AvgIpc) is 3.38. The number of carbonyl (C=O) groups is 4. The summed E-state index contributed by atoms with van der Waals surface area (Å²) in [6.45, 7) is 16.8. The minimum absolute atomic E-state index is 0.266. The highest BCUT2D eigenvalue weighted by Gasteiger charge is 2.27. The Hall–Kier alpha value is -4.20. The van der Waals surface area contributed by atoms with Crippen molar-refractivity contribution in [2.75, 3.05) is 13.2 Å². The summed E-state index contributed by atoms with van der Waals surface area (Å²) in [5.74, 6) is -2.15. The number of allylic oxidation sites excluding steroid dienone is 4. The molecule has 73 heavy (non-hydrogen) atoms. The largest absolute Gasteiger partial charge is 0.465 e. The van der Waals surface area contributed by atoms with Crippen LogP contribution in [0.2, 0.25) is 0 Å². The van der Waals surface area contributed by atoms with Crippen LogP contribution in [0.3, 0.4) is 0 Å². The zero-order valence-electron chi connectivity index (χ0n) is 47.6. The summed E-state index contributed by atoms with van der Waals surface area (Å²) in [5, 5.41) is 0. The van der Waals surface area contributed by atoms with Gasteiger partial charge in [0.1, 0.15) is 11.5 Å². The topological polar surface area (TPSA) is 105 Å². The van der Waals surface area contributed by atoms with Gasteiger partial charge in [0.15, 0.2) is 0 Å². The highest BCUT2D eigenvalue weighted by Crippen LogP contribution is 2.34. The van der Waals surface area contributed by atoms with Gasteiger partial charge in [0.2, 0.25) is 0 Å². The van der Waals surface area contributed by atoms with Gasteiger partial charge >= 0.3 is 23.9 Å². The van der Waals surface area contributed by atoms with Crippen molar-refractivity contribution in [1.82, 2.24) is 0 Å². The van der Waals surface area contributed by atoms with E-state index in [-0.39, 0.29) is 23.9 Å². The van der Waals surface area contributed by atoms with E-state index in [1.165, 1.54) is 141 Å². The lowest BCUT2D eigenvalue weighted by molar-refractivity contribution is -0.150. The van der Waals surface area contributed by atoms with E-state index in [1.807, 2.05) is 38.1 Å². The molecule has 412 valence electrons. The fourth-order valence-corrected chi connectivity index (χ4v) is 9.25. The van der Waals surface area contributed by atoms with E-state index < -0.39 is 29.1 Å². The van der Waals surface area contributed by atoms with Gasteiger partial charge in [-0.05, 0) is 112 Å². The van der Waals surface area contributed by atoms with Crippen LogP contribution < -0.4 is 9.47 Å². The zero-order valence-corrected chi connectivity index (χ0v) is 47.6. The first-order chi connectivity index (χ1) is 35.3. The van der Waals surface area contributed by atoms with Gasteiger partial charge in [-0.1, -0.05) is 220 Å². The average molecular weight is 1010 g/mol. The summed E-state index contributed by atoms with van der Waals surface area (Å²) in [6.07, 6.45) is 44.7. The van der Waals surface area contributed by atoms with E-state index in [0.29, 0.717) is 37.6 Å². The van der Waals surface area contributed by atoms with Gasteiger partial charge in [-0.15, -0.1) is 0 Å². The fraction of sp³-hybridized carbons (Fsp3) is 0.692. The Labute approximate surface area is 446 Å². The number of carbonyl (C=O) groups excluding carboxylic acids is 4. The smallest absolute Gasteiger partial charge is 0.314 e. The molecule has 0 aromatic heterocycles. The number of ether oxygens (including phenoxy) is 4. The predicted molar refractivity (Wildman–Crippen MR) is 303 cm³/mol. The molecule has 0 saturated carbocycles. The van der Waals surface area contributed by atoms with E-state index in [9.17, 15) is 19.2 Å². The molecule has 2 rings (SSSR count). The quantitative estimate of drug-likeness (QED) is 0.0280. The molecule has 2 aromatic carbocycles. The predicted octanol–water partition coefficient (Wildman–Crippen LogP) is 18.3. The van der Waals surface area contributed by atoms with Crippen LogP contribution in [0.1, 0.15) is 259 Å². The Morgan fingerprint density at radius 3 is 0.945 bits per heavy atom. The standard InChI is InChI=1S/C65H104O8/c1-9-11-13-15-17-19-21-23-25-27-29-31-33-35-37-39-49-70-61(66)53(3)51-55(5)63(68)72-59-45-41-57(42-46-59)65(7,8)58-43-47-60(48-44-58)73-64(69)56(6)52-54(4)62(67)71-50-40-38-36-34-32-30-28-26-24-22-20-18-16-14-12-10-2/h23-26,41-48,53-56H,9-22,27-40,49-52H2,1-8H3. The van der Waals surface area contributed by atoms with Crippen LogP contribution in [0.5, 0.6) is 11.5 Å². The molecule has 0 N–H and O–H groups in total. The minimum atomic E-state index is -0.471. The van der Waals surface area contributed by atoms with Gasteiger partial charge in [-0.25, -0.2) is 0 Å². The van der Waals surface area contributed by atoms with Gasteiger partial charge in [0.25, 0.3) is 0 Å². The van der Waals surface area contributed by atoms with Crippen molar-refractivity contribution < 1.29 is 38.1 Å². The molecule has 0 saturated heterocycles. The molecule has 4 unspecified atom stereocenters. The molecule has 0 spiro atoms. The lowest BCUT2D eigenvalue weighted by Crippen LogP contribution is -2.24. The highest BCUT2D eigenvalue weighted by molar-refractivity contribution is 5.78. The van der Waals surface area contributed by atoms with Crippen LogP contribution in [0.4, 0.5) is 0 Å². The Bertz CT molecular complexity index is 1660. The molecule has 2 aromatic rings. The van der Waals surface area contributed by atoms with Gasteiger partial charge in [0, 0.05) is 5.41 Å². The highest BCUT2D eigenvalue weighted by atomic mass is 16.5. The van der Waals surface area contributed by atoms with Crippen molar-refractivity contribution in [1.29, 1.82) is 0 Å². The Morgan fingerprint density at radius 2 is 0.644 bits per heavy atom. The lowest BCUT2D eigenvalue weighted by Gasteiger charge is -2.26. The lowest BCUT2D eigenvalue weighted by atomic mass is 9.78. The van der Waals surface area contributed by atoms with Crippen LogP contribution in [0.25, 0.3) is 0 Å². The summed E-state index contributed by atoms with van der Waals surface area (Å²) in [6, 6.07) is 15.0. The maximum absolute atomic E-state index is 13.0. The summed E-state index contributed by atoms with van der Waals surface area (Å²) in [4.78, 5) is 51.5. The van der Waals surface area contributed by atoms with E-state index in [0.717, 1.165) is 49.7 Å². The first kappa shape index (κ1) is 64.9. The fourth-order valence-electron chi connectivity index (χ4n) is 9.25. The molecular formula is C65H104O8. The zero-order chi connectivity index (χ0) is 53.4. The van der Waals surface area contributed by atoms with Crippen LogP contribution in [0, 0.1) is 23.7 Å². The molecule has 0 aliphatic rings. The summed E-state index contributed by atoms with van der Waals surface area (Å²) >= 11 is 0. The van der Waals surface area contributed by atoms with Gasteiger partial charge in [-0.2, -0.15) is 0 Å². The number of rotatable bonds is 44. The first-order valence-corrected chi connectivity index (χ1v) is 29.6. The van der Waals surface area contributed by atoms with Crippen molar-refractivity contribution in [3.05, 3.63) is 84.0 Å². The molecular weight excluding hydrogens is 909 g/mol. The third-order valence-electron chi connectivity index (χ3n) is 14.4. The summed E-state index contributed by atoms with van der Waals surface area (Å²) < 4.78 is 22.6. The number of hydrogen-bond donors (Lipinski definition) is 0. The third kappa shape index (κ3) is 30.7. The van der Waals surface area contributed by atoms with Crippen molar-refractivity contribution >= 4 is 23.9 Å². The van der Waals surface area contributed by atoms with E-state index in [2.05, 4.69) is 52.0 Å². The van der Waals surface area contributed by atoms with Crippen molar-refractivity contribution in [3.8, 4) is 11.5 Å². The maximum atomic E-state index is 13.0. The number of hydrogen-bond acceptors (Lipinski definition) is 8. The Morgan fingerprint density at radius 1 is 0.384 bits per heavy atom. The van der Waals surface area contributed by atoms with Crippen molar-refractivity contribution in [2.45, 2.75) is 253 Å².